The van der Waals surface area contributed by atoms with Gasteiger partial charge in [-0.2, -0.15) is 0 Å². The second-order valence-electron chi connectivity index (χ2n) is 6.11. The summed E-state index contributed by atoms with van der Waals surface area (Å²) in [6.45, 7) is 2.23. The SMILES string of the molecule is Cc1ccc(-c2ccc(N(C)C)cc2)n1C1CCCC1. The molecule has 1 saturated carbocycles. The summed E-state index contributed by atoms with van der Waals surface area (Å²) < 4.78 is 2.55. The lowest BCUT2D eigenvalue weighted by Gasteiger charge is -2.19. The Hall–Kier alpha value is -1.70. The molecule has 2 aromatic rings. The van der Waals surface area contributed by atoms with Crippen LogP contribution in [-0.4, -0.2) is 18.7 Å². The van der Waals surface area contributed by atoms with Crippen LogP contribution in [0.25, 0.3) is 11.3 Å². The van der Waals surface area contributed by atoms with E-state index in [4.69, 9.17) is 0 Å². The molecule has 0 unspecified atom stereocenters. The minimum Gasteiger partial charge on any atom is -0.378 e. The van der Waals surface area contributed by atoms with Crippen LogP contribution < -0.4 is 4.90 Å². The van der Waals surface area contributed by atoms with Crippen molar-refractivity contribution in [3.63, 3.8) is 0 Å². The number of benzene rings is 1. The van der Waals surface area contributed by atoms with Crippen LogP contribution in [0.3, 0.4) is 0 Å². The molecular formula is C18H24N2. The lowest BCUT2D eigenvalue weighted by atomic mass is 10.1. The van der Waals surface area contributed by atoms with E-state index >= 15 is 0 Å². The Morgan fingerprint density at radius 3 is 2.20 bits per heavy atom. The molecule has 1 aromatic heterocycles. The van der Waals surface area contributed by atoms with Gasteiger partial charge in [-0.3, -0.25) is 0 Å². The summed E-state index contributed by atoms with van der Waals surface area (Å²) >= 11 is 0. The fourth-order valence-electron chi connectivity index (χ4n) is 3.36. The fourth-order valence-corrected chi connectivity index (χ4v) is 3.36. The van der Waals surface area contributed by atoms with Gasteiger partial charge in [0.1, 0.15) is 0 Å². The largest absolute Gasteiger partial charge is 0.378 e. The molecule has 0 saturated heterocycles. The van der Waals surface area contributed by atoms with Crippen LogP contribution in [-0.2, 0) is 0 Å². The predicted molar refractivity (Wildman–Crippen MR) is 86.4 cm³/mol. The molecule has 0 N–H and O–H groups in total. The molecule has 1 heterocycles. The first-order chi connectivity index (χ1) is 9.66. The number of nitrogens with zero attached hydrogens (tertiary/aromatic N) is 2. The summed E-state index contributed by atoms with van der Waals surface area (Å²) in [5.74, 6) is 0. The summed E-state index contributed by atoms with van der Waals surface area (Å²) in [5, 5.41) is 0. The van der Waals surface area contributed by atoms with E-state index in [2.05, 4.69) is 66.9 Å². The van der Waals surface area contributed by atoms with Gasteiger partial charge in [-0.1, -0.05) is 25.0 Å². The maximum absolute atomic E-state index is 2.55. The van der Waals surface area contributed by atoms with Gasteiger partial charge in [-0.15, -0.1) is 0 Å². The lowest BCUT2D eigenvalue weighted by Crippen LogP contribution is -2.09. The quantitative estimate of drug-likeness (QED) is 0.787. The number of hydrogen-bond donors (Lipinski definition) is 0. The third kappa shape index (κ3) is 2.35. The van der Waals surface area contributed by atoms with Gasteiger partial charge in [0.15, 0.2) is 0 Å². The van der Waals surface area contributed by atoms with Crippen molar-refractivity contribution in [2.24, 2.45) is 0 Å². The summed E-state index contributed by atoms with van der Waals surface area (Å²) in [7, 11) is 4.17. The second-order valence-corrected chi connectivity index (χ2v) is 6.11. The van der Waals surface area contributed by atoms with Crippen LogP contribution in [0, 0.1) is 6.92 Å². The van der Waals surface area contributed by atoms with Crippen LogP contribution in [0.2, 0.25) is 0 Å². The van der Waals surface area contributed by atoms with Gasteiger partial charge >= 0.3 is 0 Å². The molecule has 1 aromatic carbocycles. The van der Waals surface area contributed by atoms with Crippen molar-refractivity contribution >= 4 is 5.69 Å². The number of aryl methyl sites for hydroxylation is 1. The highest BCUT2D eigenvalue weighted by atomic mass is 15.1. The van der Waals surface area contributed by atoms with Gasteiger partial charge in [-0.05, 0) is 49.6 Å². The molecule has 106 valence electrons. The average Bonchev–Trinajstić information content (AvgIpc) is 3.07. The Kier molecular flexibility index (Phi) is 3.56. The normalized spacial score (nSPS) is 15.8. The molecule has 1 aliphatic rings. The van der Waals surface area contributed by atoms with Crippen LogP contribution >= 0.6 is 0 Å². The standard InChI is InChI=1S/C18H24N2/c1-14-8-13-18(20(14)17-6-4-5-7-17)15-9-11-16(12-10-15)19(2)3/h8-13,17H,4-7H2,1-3H3. The highest BCUT2D eigenvalue weighted by molar-refractivity contribution is 5.64. The molecule has 2 heteroatoms. The molecular weight excluding hydrogens is 244 g/mol. The molecule has 0 atom stereocenters. The maximum Gasteiger partial charge on any atom is 0.0485 e. The molecule has 2 nitrogen and oxygen atoms in total. The molecule has 3 rings (SSSR count). The van der Waals surface area contributed by atoms with Gasteiger partial charge in [0, 0.05) is 37.2 Å². The van der Waals surface area contributed by atoms with Gasteiger partial charge in [0.05, 0.1) is 0 Å². The van der Waals surface area contributed by atoms with E-state index in [-0.39, 0.29) is 0 Å². The van der Waals surface area contributed by atoms with Crippen LogP contribution in [0.5, 0.6) is 0 Å². The molecule has 0 spiro atoms. The third-order valence-corrected chi connectivity index (χ3v) is 4.49. The Labute approximate surface area is 122 Å². The van der Waals surface area contributed by atoms with Gasteiger partial charge in [-0.25, -0.2) is 0 Å². The number of rotatable bonds is 3. The summed E-state index contributed by atoms with van der Waals surface area (Å²) in [6.07, 6.45) is 5.42. The first-order valence-corrected chi connectivity index (χ1v) is 7.62. The van der Waals surface area contributed by atoms with Gasteiger partial charge in [0.2, 0.25) is 0 Å². The Balaban J connectivity index is 1.97. The first-order valence-electron chi connectivity index (χ1n) is 7.62. The monoisotopic (exact) mass is 268 g/mol. The zero-order valence-corrected chi connectivity index (χ0v) is 12.8. The smallest absolute Gasteiger partial charge is 0.0485 e. The zero-order chi connectivity index (χ0) is 14.1. The van der Waals surface area contributed by atoms with Gasteiger partial charge in [0.25, 0.3) is 0 Å². The molecule has 0 bridgehead atoms. The highest BCUT2D eigenvalue weighted by Gasteiger charge is 2.20. The van der Waals surface area contributed by atoms with E-state index in [0.717, 1.165) is 0 Å². The number of anilines is 1. The van der Waals surface area contributed by atoms with Crippen molar-refractivity contribution in [3.05, 3.63) is 42.1 Å². The minimum atomic E-state index is 0.702. The number of hydrogen-bond acceptors (Lipinski definition) is 1. The Morgan fingerprint density at radius 1 is 0.950 bits per heavy atom. The highest BCUT2D eigenvalue weighted by Crippen LogP contribution is 2.35. The van der Waals surface area contributed by atoms with E-state index in [1.165, 1.54) is 48.3 Å². The zero-order valence-electron chi connectivity index (χ0n) is 12.8. The Morgan fingerprint density at radius 2 is 1.60 bits per heavy atom. The minimum absolute atomic E-state index is 0.702. The van der Waals surface area contributed by atoms with Crippen molar-refractivity contribution in [2.75, 3.05) is 19.0 Å². The fraction of sp³-hybridized carbons (Fsp3) is 0.444. The van der Waals surface area contributed by atoms with Gasteiger partial charge < -0.3 is 9.47 Å². The maximum atomic E-state index is 2.55. The van der Waals surface area contributed by atoms with E-state index in [9.17, 15) is 0 Å². The van der Waals surface area contributed by atoms with E-state index in [1.54, 1.807) is 0 Å². The molecule has 0 aliphatic heterocycles. The molecule has 0 amide bonds. The van der Waals surface area contributed by atoms with E-state index < -0.39 is 0 Å². The van der Waals surface area contributed by atoms with Crippen LogP contribution in [0.15, 0.2) is 36.4 Å². The molecule has 20 heavy (non-hydrogen) atoms. The van der Waals surface area contributed by atoms with Crippen LogP contribution in [0.1, 0.15) is 37.4 Å². The average molecular weight is 268 g/mol. The van der Waals surface area contributed by atoms with Crippen molar-refractivity contribution in [3.8, 4) is 11.3 Å². The second kappa shape index (κ2) is 5.35. The van der Waals surface area contributed by atoms with Crippen molar-refractivity contribution in [1.82, 2.24) is 4.57 Å². The van der Waals surface area contributed by atoms with E-state index in [0.29, 0.717) is 6.04 Å². The predicted octanol–water partition coefficient (Wildman–Crippen LogP) is 4.64. The van der Waals surface area contributed by atoms with Crippen molar-refractivity contribution in [1.29, 1.82) is 0 Å². The first kappa shape index (κ1) is 13.3. The summed E-state index contributed by atoms with van der Waals surface area (Å²) in [5.41, 5.74) is 5.35. The Bertz CT molecular complexity index is 572. The third-order valence-electron chi connectivity index (χ3n) is 4.49. The number of aromatic nitrogens is 1. The molecule has 1 fully saturated rings. The topological polar surface area (TPSA) is 8.17 Å². The van der Waals surface area contributed by atoms with Crippen LogP contribution in [0.4, 0.5) is 5.69 Å². The van der Waals surface area contributed by atoms with E-state index in [1.807, 2.05) is 0 Å². The summed E-state index contributed by atoms with van der Waals surface area (Å²) in [4.78, 5) is 2.14. The lowest BCUT2D eigenvalue weighted by molar-refractivity contribution is 0.515. The molecule has 0 radical (unpaired) electrons. The molecule has 1 aliphatic carbocycles. The summed E-state index contributed by atoms with van der Waals surface area (Å²) in [6, 6.07) is 14.1. The van der Waals surface area contributed by atoms with Crippen molar-refractivity contribution in [2.45, 2.75) is 38.6 Å². The van der Waals surface area contributed by atoms with Crippen molar-refractivity contribution < 1.29 is 0 Å².